The molecule has 0 saturated heterocycles. The van der Waals surface area contributed by atoms with Crippen molar-refractivity contribution in [3.05, 3.63) is 27.3 Å². The topological polar surface area (TPSA) is 63.8 Å². The van der Waals surface area contributed by atoms with Crippen LogP contribution in [0.3, 0.4) is 0 Å². The Morgan fingerprint density at radius 3 is 2.85 bits per heavy atom. The lowest BCUT2D eigenvalue weighted by atomic mass is 10.3. The summed E-state index contributed by atoms with van der Waals surface area (Å²) >= 11 is 5.17. The van der Waals surface area contributed by atoms with Crippen LogP contribution in [0.1, 0.15) is 24.2 Å². The largest absolute Gasteiger partial charge is 0.396 e. The van der Waals surface area contributed by atoms with Gasteiger partial charge in [0.15, 0.2) is 11.6 Å². The molecule has 2 aromatic rings. The number of aliphatic hydroxyl groups is 1. The molecule has 0 aliphatic heterocycles. The van der Waals surface area contributed by atoms with Gasteiger partial charge in [0.05, 0.1) is 11.6 Å². The van der Waals surface area contributed by atoms with E-state index < -0.39 is 0 Å². The molecule has 0 bridgehead atoms. The highest BCUT2D eigenvalue weighted by molar-refractivity contribution is 9.11. The van der Waals surface area contributed by atoms with E-state index in [1.807, 2.05) is 0 Å². The van der Waals surface area contributed by atoms with Crippen LogP contribution in [0.5, 0.6) is 0 Å². The molecule has 0 spiro atoms. The summed E-state index contributed by atoms with van der Waals surface area (Å²) in [7, 11) is 0. The molecule has 0 saturated carbocycles. The van der Waals surface area contributed by atoms with E-state index in [9.17, 15) is 0 Å². The third-order valence-corrected chi connectivity index (χ3v) is 4.57. The summed E-state index contributed by atoms with van der Waals surface area (Å²) in [6.07, 6.45) is 4.01. The van der Waals surface area contributed by atoms with Crippen LogP contribution in [0.25, 0.3) is 11.5 Å². The van der Waals surface area contributed by atoms with Crippen molar-refractivity contribution in [1.82, 2.24) is 19.7 Å². The molecule has 7 heteroatoms. The second-order valence-electron chi connectivity index (χ2n) is 4.23. The Morgan fingerprint density at radius 2 is 2.25 bits per heavy atom. The van der Waals surface area contributed by atoms with Crippen LogP contribution in [-0.2, 0) is 19.4 Å². The van der Waals surface area contributed by atoms with Gasteiger partial charge in [0.1, 0.15) is 9.48 Å². The Labute approximate surface area is 130 Å². The summed E-state index contributed by atoms with van der Waals surface area (Å²) in [6, 6.07) is 0. The molecule has 2 aromatic heterocycles. The van der Waals surface area contributed by atoms with Crippen molar-refractivity contribution in [2.24, 2.45) is 0 Å². The lowest BCUT2D eigenvalue weighted by Gasteiger charge is -1.99. The molecule has 5 nitrogen and oxygen atoms in total. The molecule has 0 aliphatic carbocycles. The van der Waals surface area contributed by atoms with Crippen LogP contribution < -0.4 is 0 Å². The number of halogens is 1. The van der Waals surface area contributed by atoms with Gasteiger partial charge in [-0.2, -0.15) is 5.10 Å². The molecule has 0 aliphatic rings. The number of allylic oxidation sites excluding steroid dienone is 1. The third kappa shape index (κ3) is 3.34. The highest BCUT2D eigenvalue weighted by Gasteiger charge is 2.18. The molecular formula is C13H17BrN4OS. The van der Waals surface area contributed by atoms with Gasteiger partial charge in [-0.15, -0.1) is 17.9 Å². The number of aromatic nitrogens is 4. The van der Waals surface area contributed by atoms with Crippen molar-refractivity contribution >= 4 is 27.3 Å². The third-order valence-electron chi connectivity index (χ3n) is 2.72. The minimum atomic E-state index is 0.145. The number of aliphatic hydroxyl groups excluding tert-OH is 1. The van der Waals surface area contributed by atoms with Gasteiger partial charge in [0.25, 0.3) is 0 Å². The Balaban J connectivity index is 2.39. The number of hydrogen-bond donors (Lipinski definition) is 1. The summed E-state index contributed by atoms with van der Waals surface area (Å²) in [4.78, 5) is 9.15. The molecule has 0 amide bonds. The van der Waals surface area contributed by atoms with E-state index in [-0.39, 0.29) is 6.61 Å². The van der Waals surface area contributed by atoms with Crippen LogP contribution in [0.15, 0.2) is 16.4 Å². The average molecular weight is 357 g/mol. The molecule has 0 unspecified atom stereocenters. The monoisotopic (exact) mass is 356 g/mol. The zero-order valence-electron chi connectivity index (χ0n) is 11.3. The summed E-state index contributed by atoms with van der Waals surface area (Å²) in [5, 5.41) is 14.4. The first-order chi connectivity index (χ1) is 9.69. The van der Waals surface area contributed by atoms with Crippen molar-refractivity contribution in [3.63, 3.8) is 0 Å². The van der Waals surface area contributed by atoms with Crippen LogP contribution in [-0.4, -0.2) is 31.5 Å². The summed E-state index contributed by atoms with van der Waals surface area (Å²) in [5.41, 5.74) is 0.830. The normalized spacial score (nSPS) is 10.9. The lowest BCUT2D eigenvalue weighted by molar-refractivity contribution is 0.287. The molecule has 0 aromatic carbocycles. The van der Waals surface area contributed by atoms with Gasteiger partial charge in [-0.25, -0.2) is 14.6 Å². The molecule has 2 heterocycles. The van der Waals surface area contributed by atoms with Crippen molar-refractivity contribution in [2.75, 3.05) is 6.61 Å². The fourth-order valence-electron chi connectivity index (χ4n) is 1.79. The molecular weight excluding hydrogens is 340 g/mol. The zero-order valence-corrected chi connectivity index (χ0v) is 13.7. The predicted octanol–water partition coefficient (Wildman–Crippen LogP) is 2.84. The van der Waals surface area contributed by atoms with Gasteiger partial charge >= 0.3 is 0 Å². The fourth-order valence-corrected chi connectivity index (χ4v) is 3.34. The van der Waals surface area contributed by atoms with Crippen molar-refractivity contribution in [2.45, 2.75) is 32.7 Å². The first kappa shape index (κ1) is 15.3. The molecule has 2 rings (SSSR count). The molecule has 0 atom stereocenters. The van der Waals surface area contributed by atoms with Gasteiger partial charge in [0.2, 0.25) is 0 Å². The van der Waals surface area contributed by atoms with E-state index in [1.165, 1.54) is 0 Å². The SMILES string of the molecule is C=CCn1nc(CCCO)nc1-c1nc(CC)sc1Br. The van der Waals surface area contributed by atoms with Crippen molar-refractivity contribution in [1.29, 1.82) is 0 Å². The molecule has 20 heavy (non-hydrogen) atoms. The lowest BCUT2D eigenvalue weighted by Crippen LogP contribution is -2.01. The Hall–Kier alpha value is -1.05. The van der Waals surface area contributed by atoms with Gasteiger partial charge in [-0.05, 0) is 28.8 Å². The maximum Gasteiger partial charge on any atom is 0.179 e. The Morgan fingerprint density at radius 1 is 1.45 bits per heavy atom. The predicted molar refractivity (Wildman–Crippen MR) is 83.8 cm³/mol. The van der Waals surface area contributed by atoms with E-state index >= 15 is 0 Å². The summed E-state index contributed by atoms with van der Waals surface area (Å²) in [6.45, 7) is 6.56. The van der Waals surface area contributed by atoms with E-state index in [0.29, 0.717) is 19.4 Å². The van der Waals surface area contributed by atoms with E-state index in [2.05, 4.69) is 44.5 Å². The van der Waals surface area contributed by atoms with Gasteiger partial charge in [-0.1, -0.05) is 13.0 Å². The standard InChI is InChI=1S/C13H17BrN4OS/c1-3-7-18-13(15-9(17-18)6-5-8-19)11-12(14)20-10(4-2)16-11/h3,19H,1,4-8H2,2H3. The fraction of sp³-hybridized carbons (Fsp3) is 0.462. The maximum atomic E-state index is 8.91. The summed E-state index contributed by atoms with van der Waals surface area (Å²) in [5.74, 6) is 1.48. The van der Waals surface area contributed by atoms with Crippen LogP contribution in [0.4, 0.5) is 0 Å². The van der Waals surface area contributed by atoms with Crippen LogP contribution in [0.2, 0.25) is 0 Å². The minimum absolute atomic E-state index is 0.145. The Kier molecular flexibility index (Phi) is 5.45. The van der Waals surface area contributed by atoms with Gasteiger partial charge in [0, 0.05) is 13.0 Å². The second-order valence-corrected chi connectivity index (χ2v) is 6.63. The number of hydrogen-bond acceptors (Lipinski definition) is 5. The number of rotatable bonds is 7. The van der Waals surface area contributed by atoms with Crippen molar-refractivity contribution in [3.8, 4) is 11.5 Å². The quantitative estimate of drug-likeness (QED) is 0.774. The van der Waals surface area contributed by atoms with Crippen LogP contribution in [0, 0.1) is 0 Å². The van der Waals surface area contributed by atoms with E-state index in [1.54, 1.807) is 22.1 Å². The van der Waals surface area contributed by atoms with Crippen molar-refractivity contribution < 1.29 is 5.11 Å². The highest BCUT2D eigenvalue weighted by atomic mass is 79.9. The molecule has 0 radical (unpaired) electrons. The van der Waals surface area contributed by atoms with Gasteiger partial charge < -0.3 is 5.11 Å². The smallest absolute Gasteiger partial charge is 0.179 e. The van der Waals surface area contributed by atoms with E-state index in [4.69, 9.17) is 5.11 Å². The number of thiazole rings is 1. The maximum absolute atomic E-state index is 8.91. The second kappa shape index (κ2) is 7.10. The zero-order chi connectivity index (χ0) is 14.5. The molecule has 1 N–H and O–H groups in total. The minimum Gasteiger partial charge on any atom is -0.396 e. The molecule has 0 fully saturated rings. The number of aryl methyl sites for hydroxylation is 2. The van der Waals surface area contributed by atoms with E-state index in [0.717, 1.165) is 32.6 Å². The summed E-state index contributed by atoms with van der Waals surface area (Å²) < 4.78 is 2.78. The Bertz CT molecular complexity index is 593. The highest BCUT2D eigenvalue weighted by Crippen LogP contribution is 2.32. The first-order valence-electron chi connectivity index (χ1n) is 6.50. The average Bonchev–Trinajstić information content (AvgIpc) is 3.00. The van der Waals surface area contributed by atoms with Crippen LogP contribution >= 0.6 is 27.3 Å². The van der Waals surface area contributed by atoms with Gasteiger partial charge in [-0.3, -0.25) is 0 Å². The first-order valence-corrected chi connectivity index (χ1v) is 8.11. The number of nitrogens with zero attached hydrogens (tertiary/aromatic N) is 4. The molecule has 108 valence electrons.